The maximum atomic E-state index is 10.5. The van der Waals surface area contributed by atoms with Gasteiger partial charge in [0.2, 0.25) is 0 Å². The lowest BCUT2D eigenvalue weighted by Gasteiger charge is -2.12. The molecule has 0 saturated heterocycles. The Morgan fingerprint density at radius 3 is 2.19 bits per heavy atom. The largest absolute Gasteiger partial charge is 0.505 e. The fourth-order valence-electron chi connectivity index (χ4n) is 2.80. The Hall–Kier alpha value is -1.57. The van der Waals surface area contributed by atoms with Crippen molar-refractivity contribution in [3.8, 4) is 5.75 Å². The molecule has 0 atom stereocenters. The maximum absolute atomic E-state index is 10.5. The molecule has 2 rings (SSSR count). The summed E-state index contributed by atoms with van der Waals surface area (Å²) in [6, 6.07) is 8.11. The van der Waals surface area contributed by atoms with Gasteiger partial charge in [-0.05, 0) is 25.7 Å². The molecule has 0 aliphatic carbocycles. The number of aromatic hydroxyl groups is 1. The molecule has 1 aromatic carbocycles. The summed E-state index contributed by atoms with van der Waals surface area (Å²) < 4.78 is 0. The molecule has 0 saturated carbocycles. The van der Waals surface area contributed by atoms with Crippen LogP contribution in [0.5, 0.6) is 5.75 Å². The second-order valence-electron chi connectivity index (χ2n) is 5.81. The number of aryl methyl sites for hydroxylation is 2. The molecule has 1 N–H and O–H groups in total. The summed E-state index contributed by atoms with van der Waals surface area (Å²) in [6.07, 6.45) is 9.03. The maximum Gasteiger partial charge on any atom is 0.144 e. The van der Waals surface area contributed by atoms with Crippen LogP contribution < -0.4 is 0 Å². The fourth-order valence-corrected chi connectivity index (χ4v) is 2.80. The third kappa shape index (κ3) is 3.96. The Morgan fingerprint density at radius 1 is 0.810 bits per heavy atom. The number of aromatic nitrogens is 1. The minimum atomic E-state index is 0.391. The highest BCUT2D eigenvalue weighted by Crippen LogP contribution is 2.31. The molecule has 2 heteroatoms. The van der Waals surface area contributed by atoms with Crippen molar-refractivity contribution in [2.45, 2.75) is 65.2 Å². The van der Waals surface area contributed by atoms with Crippen molar-refractivity contribution in [3.05, 3.63) is 35.7 Å². The van der Waals surface area contributed by atoms with E-state index in [9.17, 15) is 5.11 Å². The smallest absolute Gasteiger partial charge is 0.144 e. The molecule has 0 amide bonds. The zero-order valence-electron chi connectivity index (χ0n) is 13.4. The van der Waals surface area contributed by atoms with Crippen LogP contribution in [0, 0.1) is 0 Å². The van der Waals surface area contributed by atoms with Crippen LogP contribution in [0.2, 0.25) is 0 Å². The standard InChI is InChI=1S/C19H27NO/c1-3-5-7-8-14-18-19(21)16-12-10-9-11-15(16)17(20-18)13-6-4-2/h9-12,21H,3-8,13-14H2,1-2H3. The van der Waals surface area contributed by atoms with Gasteiger partial charge in [0.15, 0.2) is 0 Å². The number of pyridine rings is 1. The molecular weight excluding hydrogens is 258 g/mol. The number of unbranched alkanes of at least 4 members (excludes halogenated alkanes) is 4. The van der Waals surface area contributed by atoms with Crippen molar-refractivity contribution in [2.75, 3.05) is 0 Å². The first-order valence-electron chi connectivity index (χ1n) is 8.37. The van der Waals surface area contributed by atoms with Crippen LogP contribution in [0.1, 0.15) is 63.8 Å². The van der Waals surface area contributed by atoms with Crippen LogP contribution in [0.25, 0.3) is 10.8 Å². The zero-order chi connectivity index (χ0) is 15.1. The van der Waals surface area contributed by atoms with Crippen molar-refractivity contribution in [2.24, 2.45) is 0 Å². The number of benzene rings is 1. The first-order chi connectivity index (χ1) is 10.3. The van der Waals surface area contributed by atoms with E-state index < -0.39 is 0 Å². The predicted octanol–water partition coefficient (Wildman–Crippen LogP) is 5.41. The summed E-state index contributed by atoms with van der Waals surface area (Å²) in [6.45, 7) is 4.42. The van der Waals surface area contributed by atoms with E-state index >= 15 is 0 Å². The van der Waals surface area contributed by atoms with Gasteiger partial charge in [-0.15, -0.1) is 0 Å². The molecule has 2 aromatic rings. The van der Waals surface area contributed by atoms with Crippen molar-refractivity contribution in [1.82, 2.24) is 4.98 Å². The minimum absolute atomic E-state index is 0.391. The molecule has 0 aliphatic rings. The van der Waals surface area contributed by atoms with E-state index in [1.807, 2.05) is 18.2 Å². The Kier molecular flexibility index (Phi) is 6.04. The summed E-state index contributed by atoms with van der Waals surface area (Å²) in [5.74, 6) is 0.391. The molecule has 21 heavy (non-hydrogen) atoms. The number of rotatable bonds is 8. The first-order valence-corrected chi connectivity index (χ1v) is 8.37. The van der Waals surface area contributed by atoms with E-state index in [0.29, 0.717) is 5.75 Å². The SMILES string of the molecule is CCCCCCc1nc(CCCC)c2ccccc2c1O. The summed E-state index contributed by atoms with van der Waals surface area (Å²) in [7, 11) is 0. The summed E-state index contributed by atoms with van der Waals surface area (Å²) >= 11 is 0. The lowest BCUT2D eigenvalue weighted by atomic mass is 10.0. The molecule has 0 bridgehead atoms. The summed E-state index contributed by atoms with van der Waals surface area (Å²) in [5, 5.41) is 12.6. The van der Waals surface area contributed by atoms with Crippen molar-refractivity contribution < 1.29 is 5.11 Å². The van der Waals surface area contributed by atoms with Gasteiger partial charge in [0.05, 0.1) is 5.69 Å². The van der Waals surface area contributed by atoms with Gasteiger partial charge in [-0.1, -0.05) is 63.8 Å². The highest BCUT2D eigenvalue weighted by Gasteiger charge is 2.12. The van der Waals surface area contributed by atoms with Gasteiger partial charge in [0.1, 0.15) is 5.75 Å². The number of fused-ring (bicyclic) bond motifs is 1. The first kappa shape index (κ1) is 15.8. The molecule has 2 nitrogen and oxygen atoms in total. The third-order valence-electron chi connectivity index (χ3n) is 4.07. The molecule has 0 aliphatic heterocycles. The van der Waals surface area contributed by atoms with Crippen LogP contribution in [0.15, 0.2) is 24.3 Å². The molecule has 0 fully saturated rings. The Labute approximate surface area is 128 Å². The van der Waals surface area contributed by atoms with Gasteiger partial charge in [-0.3, -0.25) is 4.98 Å². The molecule has 114 valence electrons. The fraction of sp³-hybridized carbons (Fsp3) is 0.526. The number of nitrogens with zero attached hydrogens (tertiary/aromatic N) is 1. The van der Waals surface area contributed by atoms with Crippen LogP contribution in [0.3, 0.4) is 0 Å². The molecule has 1 aromatic heterocycles. The van der Waals surface area contributed by atoms with Gasteiger partial charge >= 0.3 is 0 Å². The van der Waals surface area contributed by atoms with Gasteiger partial charge in [0.25, 0.3) is 0 Å². The average molecular weight is 285 g/mol. The monoisotopic (exact) mass is 285 g/mol. The van der Waals surface area contributed by atoms with Crippen LogP contribution in [-0.4, -0.2) is 10.1 Å². The molecule has 1 heterocycles. The van der Waals surface area contributed by atoms with Gasteiger partial charge in [-0.2, -0.15) is 0 Å². The lowest BCUT2D eigenvalue weighted by molar-refractivity contribution is 0.467. The summed E-state index contributed by atoms with van der Waals surface area (Å²) in [4.78, 5) is 4.79. The molecular formula is C19H27NO. The van der Waals surface area contributed by atoms with E-state index in [2.05, 4.69) is 19.9 Å². The Morgan fingerprint density at radius 2 is 1.48 bits per heavy atom. The van der Waals surface area contributed by atoms with E-state index in [0.717, 1.165) is 47.8 Å². The highest BCUT2D eigenvalue weighted by molar-refractivity contribution is 5.90. The predicted molar refractivity (Wildman–Crippen MR) is 89.9 cm³/mol. The summed E-state index contributed by atoms with van der Waals surface area (Å²) in [5.41, 5.74) is 2.03. The van der Waals surface area contributed by atoms with E-state index in [4.69, 9.17) is 4.98 Å². The van der Waals surface area contributed by atoms with E-state index in [1.165, 1.54) is 25.7 Å². The quantitative estimate of drug-likeness (QED) is 0.658. The van der Waals surface area contributed by atoms with Crippen LogP contribution in [0.4, 0.5) is 0 Å². The highest BCUT2D eigenvalue weighted by atomic mass is 16.3. The lowest BCUT2D eigenvalue weighted by Crippen LogP contribution is -1.99. The van der Waals surface area contributed by atoms with Crippen molar-refractivity contribution in [1.29, 1.82) is 0 Å². The minimum Gasteiger partial charge on any atom is -0.505 e. The van der Waals surface area contributed by atoms with Gasteiger partial charge in [-0.25, -0.2) is 0 Å². The average Bonchev–Trinajstić information content (AvgIpc) is 2.52. The normalized spacial score (nSPS) is 11.1. The van der Waals surface area contributed by atoms with E-state index in [1.54, 1.807) is 0 Å². The van der Waals surface area contributed by atoms with Gasteiger partial charge < -0.3 is 5.11 Å². The van der Waals surface area contributed by atoms with E-state index in [-0.39, 0.29) is 0 Å². The van der Waals surface area contributed by atoms with Crippen molar-refractivity contribution >= 4 is 10.8 Å². The Balaban J connectivity index is 2.29. The molecule has 0 unspecified atom stereocenters. The van der Waals surface area contributed by atoms with Crippen LogP contribution >= 0.6 is 0 Å². The second kappa shape index (κ2) is 8.02. The second-order valence-corrected chi connectivity index (χ2v) is 5.81. The van der Waals surface area contributed by atoms with Crippen LogP contribution in [-0.2, 0) is 12.8 Å². The topological polar surface area (TPSA) is 33.1 Å². The molecule has 0 radical (unpaired) electrons. The molecule has 0 spiro atoms. The van der Waals surface area contributed by atoms with Crippen molar-refractivity contribution in [3.63, 3.8) is 0 Å². The number of hydrogen-bond acceptors (Lipinski definition) is 2. The zero-order valence-corrected chi connectivity index (χ0v) is 13.4. The third-order valence-corrected chi connectivity index (χ3v) is 4.07. The Bertz CT molecular complexity index is 577. The van der Waals surface area contributed by atoms with Gasteiger partial charge in [0, 0.05) is 16.5 Å². The number of hydrogen-bond donors (Lipinski definition) is 1.